The lowest BCUT2D eigenvalue weighted by Crippen LogP contribution is -2.64. The largest absolute Gasteiger partial charge is 0.393 e. The van der Waals surface area contributed by atoms with Crippen molar-refractivity contribution >= 4 is 0 Å². The SMILES string of the molecule is CC(C)=CCCC(C)(O)C1CCC2C1C(O)CC1C2(C)CC(O)C2C(C)CCCC21C. The zero-order valence-electron chi connectivity index (χ0n) is 20.9. The first-order valence-electron chi connectivity index (χ1n) is 13.1. The second kappa shape index (κ2) is 8.13. The number of aliphatic hydroxyl groups excluding tert-OH is 2. The Kier molecular flexibility index (Phi) is 6.24. The Morgan fingerprint density at radius 2 is 1.77 bits per heavy atom. The van der Waals surface area contributed by atoms with Crippen LogP contribution >= 0.6 is 0 Å². The van der Waals surface area contributed by atoms with Crippen molar-refractivity contribution in [3.63, 3.8) is 0 Å². The normalized spacial score (nSPS) is 51.3. The molecule has 178 valence electrons. The minimum Gasteiger partial charge on any atom is -0.393 e. The number of rotatable bonds is 4. The zero-order valence-corrected chi connectivity index (χ0v) is 20.9. The van der Waals surface area contributed by atoms with Gasteiger partial charge in [0.2, 0.25) is 0 Å². The van der Waals surface area contributed by atoms with E-state index in [1.54, 1.807) is 0 Å². The van der Waals surface area contributed by atoms with Crippen LogP contribution < -0.4 is 0 Å². The van der Waals surface area contributed by atoms with Crippen LogP contribution in [-0.4, -0.2) is 33.1 Å². The van der Waals surface area contributed by atoms with E-state index in [1.807, 2.05) is 6.92 Å². The monoisotopic (exact) mass is 432 g/mol. The highest BCUT2D eigenvalue weighted by Gasteiger charge is 2.67. The first-order valence-corrected chi connectivity index (χ1v) is 13.1. The lowest BCUT2D eigenvalue weighted by Gasteiger charge is -2.66. The molecular weight excluding hydrogens is 384 g/mol. The van der Waals surface area contributed by atoms with Gasteiger partial charge in [0.05, 0.1) is 17.8 Å². The van der Waals surface area contributed by atoms with Crippen LogP contribution in [0, 0.1) is 46.3 Å². The molecule has 3 heteroatoms. The summed E-state index contributed by atoms with van der Waals surface area (Å²) in [5, 5.41) is 34.4. The molecule has 0 saturated heterocycles. The Hall–Kier alpha value is -0.380. The first kappa shape index (κ1) is 23.8. The van der Waals surface area contributed by atoms with Gasteiger partial charge in [0.15, 0.2) is 0 Å². The molecule has 0 aromatic rings. The molecule has 0 aliphatic heterocycles. The topological polar surface area (TPSA) is 60.7 Å². The molecule has 4 aliphatic rings. The van der Waals surface area contributed by atoms with Crippen molar-refractivity contribution in [3.05, 3.63) is 11.6 Å². The van der Waals surface area contributed by atoms with Crippen molar-refractivity contribution in [2.24, 2.45) is 46.3 Å². The molecule has 4 rings (SSSR count). The van der Waals surface area contributed by atoms with Crippen LogP contribution in [0.15, 0.2) is 11.6 Å². The number of fused-ring (bicyclic) bond motifs is 5. The van der Waals surface area contributed by atoms with Crippen LogP contribution in [0.2, 0.25) is 0 Å². The maximum absolute atomic E-state index is 11.5. The van der Waals surface area contributed by atoms with Gasteiger partial charge < -0.3 is 15.3 Å². The molecule has 4 saturated carbocycles. The molecular formula is C28H48O3. The molecule has 0 spiro atoms. The average Bonchev–Trinajstić information content (AvgIpc) is 3.11. The van der Waals surface area contributed by atoms with E-state index in [4.69, 9.17) is 0 Å². The van der Waals surface area contributed by atoms with Gasteiger partial charge >= 0.3 is 0 Å². The van der Waals surface area contributed by atoms with Crippen LogP contribution in [0.3, 0.4) is 0 Å². The smallest absolute Gasteiger partial charge is 0.0654 e. The van der Waals surface area contributed by atoms with Gasteiger partial charge in [0.1, 0.15) is 0 Å². The summed E-state index contributed by atoms with van der Waals surface area (Å²) in [4.78, 5) is 0. The maximum atomic E-state index is 11.5. The number of hydrogen-bond donors (Lipinski definition) is 3. The van der Waals surface area contributed by atoms with Crippen molar-refractivity contribution in [1.82, 2.24) is 0 Å². The second-order valence-corrected chi connectivity index (χ2v) is 13.1. The fourth-order valence-electron chi connectivity index (χ4n) is 9.74. The van der Waals surface area contributed by atoms with E-state index in [2.05, 4.69) is 40.7 Å². The molecule has 0 heterocycles. The Morgan fingerprint density at radius 1 is 1.06 bits per heavy atom. The maximum Gasteiger partial charge on any atom is 0.0654 e. The van der Waals surface area contributed by atoms with Gasteiger partial charge in [0.25, 0.3) is 0 Å². The number of aliphatic hydroxyl groups is 3. The standard InChI is InChI=1S/C28H48O3/c1-17(2)9-7-14-28(6,31)20-12-11-19-24(20)21(29)15-23-26(4)13-8-10-18(3)25(26)22(30)16-27(19,23)5/h9,18-25,29-31H,7-8,10-16H2,1-6H3. The zero-order chi connectivity index (χ0) is 22.8. The Balaban J connectivity index is 1.62. The molecule has 3 N–H and O–H groups in total. The Morgan fingerprint density at radius 3 is 2.45 bits per heavy atom. The van der Waals surface area contributed by atoms with Gasteiger partial charge in [0, 0.05) is 0 Å². The summed E-state index contributed by atoms with van der Waals surface area (Å²) in [5.41, 5.74) is 0.749. The lowest BCUT2D eigenvalue weighted by molar-refractivity contribution is -0.223. The molecule has 11 atom stereocenters. The first-order chi connectivity index (χ1) is 14.4. The molecule has 0 radical (unpaired) electrons. The summed E-state index contributed by atoms with van der Waals surface area (Å²) in [6.45, 7) is 13.4. The molecule has 4 fully saturated rings. The van der Waals surface area contributed by atoms with Crippen molar-refractivity contribution in [3.8, 4) is 0 Å². The van der Waals surface area contributed by atoms with Crippen molar-refractivity contribution in [2.75, 3.05) is 0 Å². The Labute approximate surface area is 190 Å². The van der Waals surface area contributed by atoms with E-state index in [1.165, 1.54) is 24.8 Å². The van der Waals surface area contributed by atoms with E-state index in [9.17, 15) is 15.3 Å². The minimum absolute atomic E-state index is 0.0658. The highest BCUT2D eigenvalue weighted by molar-refractivity contribution is 5.16. The van der Waals surface area contributed by atoms with Gasteiger partial charge in [-0.25, -0.2) is 0 Å². The van der Waals surface area contributed by atoms with Crippen LogP contribution in [-0.2, 0) is 0 Å². The van der Waals surface area contributed by atoms with Gasteiger partial charge in [-0.05, 0) is 112 Å². The summed E-state index contributed by atoms with van der Waals surface area (Å²) in [5.74, 6) is 2.14. The lowest BCUT2D eigenvalue weighted by atomic mass is 9.39. The van der Waals surface area contributed by atoms with Crippen LogP contribution in [0.1, 0.15) is 99.3 Å². The van der Waals surface area contributed by atoms with E-state index < -0.39 is 5.60 Å². The summed E-state index contributed by atoms with van der Waals surface area (Å²) in [7, 11) is 0. The van der Waals surface area contributed by atoms with Crippen LogP contribution in [0.25, 0.3) is 0 Å². The number of hydrogen-bond acceptors (Lipinski definition) is 3. The van der Waals surface area contributed by atoms with E-state index in [0.717, 1.165) is 38.5 Å². The van der Waals surface area contributed by atoms with Crippen molar-refractivity contribution in [2.45, 2.75) is 117 Å². The van der Waals surface area contributed by atoms with E-state index in [0.29, 0.717) is 23.7 Å². The van der Waals surface area contributed by atoms with Crippen LogP contribution in [0.5, 0.6) is 0 Å². The number of allylic oxidation sites excluding steroid dienone is 2. The Bertz CT molecular complexity index is 694. The van der Waals surface area contributed by atoms with Crippen molar-refractivity contribution < 1.29 is 15.3 Å². The molecule has 0 aromatic carbocycles. The summed E-state index contributed by atoms with van der Waals surface area (Å²) in [6.07, 6.45) is 10.8. The van der Waals surface area contributed by atoms with Gasteiger partial charge in [-0.1, -0.05) is 45.3 Å². The summed E-state index contributed by atoms with van der Waals surface area (Å²) in [6, 6.07) is 0. The average molecular weight is 433 g/mol. The van der Waals surface area contributed by atoms with Gasteiger partial charge in [-0.15, -0.1) is 0 Å². The van der Waals surface area contributed by atoms with E-state index >= 15 is 0 Å². The third-order valence-electron chi connectivity index (χ3n) is 10.9. The molecule has 3 nitrogen and oxygen atoms in total. The molecule has 4 aliphatic carbocycles. The molecule has 0 bridgehead atoms. The minimum atomic E-state index is -0.741. The molecule has 0 aromatic heterocycles. The third kappa shape index (κ3) is 3.75. The highest BCUT2D eigenvalue weighted by Crippen LogP contribution is 2.70. The van der Waals surface area contributed by atoms with Gasteiger partial charge in [-0.2, -0.15) is 0 Å². The second-order valence-electron chi connectivity index (χ2n) is 13.1. The third-order valence-corrected chi connectivity index (χ3v) is 10.9. The molecule has 11 unspecified atom stereocenters. The van der Waals surface area contributed by atoms with E-state index in [-0.39, 0.29) is 34.9 Å². The van der Waals surface area contributed by atoms with Crippen molar-refractivity contribution in [1.29, 1.82) is 0 Å². The molecule has 0 amide bonds. The highest BCUT2D eigenvalue weighted by atomic mass is 16.3. The molecule has 31 heavy (non-hydrogen) atoms. The van der Waals surface area contributed by atoms with Gasteiger partial charge in [-0.3, -0.25) is 0 Å². The summed E-state index contributed by atoms with van der Waals surface area (Å²) >= 11 is 0. The fourth-order valence-corrected chi connectivity index (χ4v) is 9.74. The predicted octanol–water partition coefficient (Wildman–Crippen LogP) is 5.72. The summed E-state index contributed by atoms with van der Waals surface area (Å²) < 4.78 is 0. The van der Waals surface area contributed by atoms with Crippen LogP contribution in [0.4, 0.5) is 0 Å². The predicted molar refractivity (Wildman–Crippen MR) is 126 cm³/mol. The quantitative estimate of drug-likeness (QED) is 0.498. The fraction of sp³-hybridized carbons (Fsp3) is 0.929.